The van der Waals surface area contributed by atoms with Crippen LogP contribution in [0.3, 0.4) is 0 Å². The average Bonchev–Trinajstić information content (AvgIpc) is 2.89. The quantitative estimate of drug-likeness (QED) is 0.526. The molecular weight excluding hydrogens is 332 g/mol. The third kappa shape index (κ3) is 16.1. The topological polar surface area (TPSA) is 23.6 Å². The van der Waals surface area contributed by atoms with Crippen LogP contribution in [-0.4, -0.2) is 48.4 Å². The first-order valence-electron chi connectivity index (χ1n) is 10.1. The average molecular weight is 387 g/mol. The number of carbonyl (C=O) groups excluding carboxylic acids is 1. The highest BCUT2D eigenvalue weighted by molar-refractivity contribution is 5.77. The van der Waals surface area contributed by atoms with Crippen molar-refractivity contribution in [3.05, 3.63) is 0 Å². The molecule has 3 heteroatoms. The van der Waals surface area contributed by atoms with Crippen LogP contribution in [0.2, 0.25) is 0 Å². The molecule has 2 fully saturated rings. The van der Waals surface area contributed by atoms with E-state index in [9.17, 15) is 4.79 Å². The summed E-state index contributed by atoms with van der Waals surface area (Å²) in [6.45, 7) is 19.6. The minimum absolute atomic E-state index is 0. The summed E-state index contributed by atoms with van der Waals surface area (Å²) in [6, 6.07) is 0. The predicted octanol–water partition coefficient (Wildman–Crippen LogP) is 6.86. The first-order chi connectivity index (χ1) is 11.1. The van der Waals surface area contributed by atoms with Crippen LogP contribution in [0.25, 0.3) is 0 Å². The molecule has 2 heterocycles. The van der Waals surface area contributed by atoms with E-state index in [1.54, 1.807) is 0 Å². The van der Waals surface area contributed by atoms with E-state index in [-0.39, 0.29) is 22.3 Å². The van der Waals surface area contributed by atoms with Gasteiger partial charge in [-0.15, -0.1) is 0 Å². The minimum atomic E-state index is 0. The van der Waals surface area contributed by atoms with Crippen molar-refractivity contribution in [2.45, 2.75) is 109 Å². The van der Waals surface area contributed by atoms with Gasteiger partial charge in [0.1, 0.15) is 0 Å². The molecule has 0 unspecified atom stereocenters. The molecule has 0 N–H and O–H groups in total. The molecule has 0 atom stereocenters. The monoisotopic (exact) mass is 386 g/mol. The van der Waals surface area contributed by atoms with Crippen molar-refractivity contribution in [1.82, 2.24) is 9.80 Å². The first-order valence-corrected chi connectivity index (χ1v) is 10.1. The fraction of sp³-hybridized carbons (Fsp3) is 0.958. The Morgan fingerprint density at radius 1 is 0.704 bits per heavy atom. The summed E-state index contributed by atoms with van der Waals surface area (Å²) < 4.78 is 0. The van der Waals surface area contributed by atoms with Crippen molar-refractivity contribution >= 4 is 5.91 Å². The molecule has 2 rings (SSSR count). The number of hydrogen-bond acceptors (Lipinski definition) is 2. The van der Waals surface area contributed by atoms with Gasteiger partial charge in [0, 0.05) is 19.5 Å². The molecule has 0 saturated carbocycles. The van der Waals surface area contributed by atoms with Crippen LogP contribution in [0.1, 0.15) is 109 Å². The summed E-state index contributed by atoms with van der Waals surface area (Å²) in [7, 11) is 0. The Morgan fingerprint density at radius 2 is 1.19 bits per heavy atom. The minimum Gasteiger partial charge on any atom is -0.343 e. The number of amides is 1. The molecule has 1 amide bonds. The third-order valence-corrected chi connectivity index (χ3v) is 4.93. The second-order valence-corrected chi connectivity index (χ2v) is 10.0. The van der Waals surface area contributed by atoms with Crippen LogP contribution in [0.5, 0.6) is 0 Å². The van der Waals surface area contributed by atoms with Gasteiger partial charge >= 0.3 is 0 Å². The van der Waals surface area contributed by atoms with Crippen molar-refractivity contribution in [3.8, 4) is 0 Å². The molecule has 0 spiro atoms. The van der Waals surface area contributed by atoms with E-state index in [2.05, 4.69) is 46.4 Å². The Kier molecular flexibility index (Phi) is 16.6. The van der Waals surface area contributed by atoms with Crippen molar-refractivity contribution in [2.24, 2.45) is 10.8 Å². The first kappa shape index (κ1) is 31.1. The van der Waals surface area contributed by atoms with Crippen molar-refractivity contribution in [1.29, 1.82) is 0 Å². The van der Waals surface area contributed by atoms with E-state index in [1.807, 2.05) is 4.90 Å². The summed E-state index contributed by atoms with van der Waals surface area (Å²) in [5.74, 6) is 0.347. The van der Waals surface area contributed by atoms with Gasteiger partial charge in [-0.25, -0.2) is 0 Å². The molecule has 0 aromatic heterocycles. The Labute approximate surface area is 173 Å². The van der Waals surface area contributed by atoms with Gasteiger partial charge in [0.05, 0.1) is 0 Å². The smallest absolute Gasteiger partial charge is 0.222 e. The molecule has 27 heavy (non-hydrogen) atoms. The third-order valence-electron chi connectivity index (χ3n) is 4.93. The Balaban J connectivity index is -0.000000384. The maximum absolute atomic E-state index is 11.2. The highest BCUT2D eigenvalue weighted by Crippen LogP contribution is 2.21. The predicted molar refractivity (Wildman–Crippen MR) is 124 cm³/mol. The molecule has 0 aliphatic carbocycles. The summed E-state index contributed by atoms with van der Waals surface area (Å²) >= 11 is 0. The Hall–Kier alpha value is -0.570. The summed E-state index contributed by atoms with van der Waals surface area (Å²) in [4.78, 5) is 15.8. The highest BCUT2D eigenvalue weighted by atomic mass is 16.2. The maximum Gasteiger partial charge on any atom is 0.222 e. The lowest BCUT2D eigenvalue weighted by Crippen LogP contribution is -2.32. The number of likely N-dealkylation sites (tertiary alicyclic amines) is 2. The van der Waals surface area contributed by atoms with Gasteiger partial charge < -0.3 is 9.80 Å². The van der Waals surface area contributed by atoms with Crippen LogP contribution >= 0.6 is 0 Å². The van der Waals surface area contributed by atoms with Gasteiger partial charge in [-0.2, -0.15) is 0 Å². The second kappa shape index (κ2) is 14.4. The molecule has 3 nitrogen and oxygen atoms in total. The van der Waals surface area contributed by atoms with Gasteiger partial charge in [-0.1, -0.05) is 70.2 Å². The van der Waals surface area contributed by atoms with E-state index in [0.717, 1.165) is 32.4 Å². The maximum atomic E-state index is 11.2. The van der Waals surface area contributed by atoms with Gasteiger partial charge in [0.15, 0.2) is 0 Å². The molecule has 2 aliphatic heterocycles. The molecule has 0 aromatic carbocycles. The molecule has 0 aromatic rings. The molecule has 2 aliphatic rings. The number of nitrogens with zero attached hydrogens (tertiary/aromatic N) is 2. The molecule has 0 bridgehead atoms. The van der Waals surface area contributed by atoms with Crippen LogP contribution in [0, 0.1) is 10.8 Å². The molecular formula is C24H54N2O. The van der Waals surface area contributed by atoms with Crippen LogP contribution < -0.4 is 0 Å². The van der Waals surface area contributed by atoms with E-state index in [4.69, 9.17) is 0 Å². The van der Waals surface area contributed by atoms with E-state index < -0.39 is 0 Å². The van der Waals surface area contributed by atoms with Gasteiger partial charge in [-0.05, 0) is 62.6 Å². The van der Waals surface area contributed by atoms with Gasteiger partial charge in [0.2, 0.25) is 5.91 Å². The Morgan fingerprint density at radius 3 is 1.59 bits per heavy atom. The van der Waals surface area contributed by atoms with Gasteiger partial charge in [0.25, 0.3) is 0 Å². The fourth-order valence-electron chi connectivity index (χ4n) is 3.09. The van der Waals surface area contributed by atoms with Crippen molar-refractivity contribution in [3.63, 3.8) is 0 Å². The zero-order valence-corrected chi connectivity index (χ0v) is 17.3. The van der Waals surface area contributed by atoms with Crippen molar-refractivity contribution in [2.75, 3.05) is 32.7 Å². The van der Waals surface area contributed by atoms with E-state index in [1.165, 1.54) is 45.3 Å². The summed E-state index contributed by atoms with van der Waals surface area (Å²) in [5, 5.41) is 0. The molecule has 0 radical (unpaired) electrons. The second-order valence-electron chi connectivity index (χ2n) is 10.0. The SMILES string of the molecule is C.C.C.CC(C)(C)CCN1CCCC1=O.CC(C)(C)CCN1CCCCC1. The summed E-state index contributed by atoms with van der Waals surface area (Å²) in [6.07, 6.45) is 8.57. The van der Waals surface area contributed by atoms with Crippen LogP contribution in [-0.2, 0) is 4.79 Å². The highest BCUT2D eigenvalue weighted by Gasteiger charge is 2.21. The zero-order valence-electron chi connectivity index (χ0n) is 17.3. The summed E-state index contributed by atoms with van der Waals surface area (Å²) in [5.41, 5.74) is 0.861. The zero-order chi connectivity index (χ0) is 18.2. The fourth-order valence-corrected chi connectivity index (χ4v) is 3.09. The van der Waals surface area contributed by atoms with Crippen LogP contribution in [0.15, 0.2) is 0 Å². The standard InChI is InChI=1S/C11H23N.C10H19NO.3CH4/c1-11(2,3)7-10-12-8-5-4-6-9-12;1-10(2,3)6-8-11-7-4-5-9(11)12;;;/h4-10H2,1-3H3;4-8H2,1-3H3;3*1H4. The Bertz CT molecular complexity index is 360. The lowest BCUT2D eigenvalue weighted by atomic mass is 9.92. The normalized spacial score (nSPS) is 17.9. The molecule has 166 valence electrons. The lowest BCUT2D eigenvalue weighted by Gasteiger charge is -2.29. The number of piperidine rings is 1. The van der Waals surface area contributed by atoms with E-state index in [0.29, 0.717) is 16.7 Å². The molecule has 2 saturated heterocycles. The van der Waals surface area contributed by atoms with Crippen molar-refractivity contribution < 1.29 is 4.79 Å². The number of hydrogen-bond donors (Lipinski definition) is 0. The largest absolute Gasteiger partial charge is 0.343 e. The van der Waals surface area contributed by atoms with Gasteiger partial charge in [-0.3, -0.25) is 4.79 Å². The van der Waals surface area contributed by atoms with Crippen LogP contribution in [0.4, 0.5) is 0 Å². The number of carbonyl (C=O) groups is 1. The number of rotatable bonds is 4. The van der Waals surface area contributed by atoms with E-state index >= 15 is 0 Å². The lowest BCUT2D eigenvalue weighted by molar-refractivity contribution is -0.127.